The zero-order valence-electron chi connectivity index (χ0n) is 8.61. The van der Waals surface area contributed by atoms with Crippen LogP contribution in [0.4, 0.5) is 0 Å². The molecule has 1 rings (SSSR count). The van der Waals surface area contributed by atoms with Crippen molar-refractivity contribution in [3.63, 3.8) is 0 Å². The van der Waals surface area contributed by atoms with E-state index in [9.17, 15) is 4.79 Å². The van der Waals surface area contributed by atoms with E-state index in [0.717, 1.165) is 19.3 Å². The third-order valence-corrected chi connectivity index (χ3v) is 2.57. The van der Waals surface area contributed by atoms with Gasteiger partial charge in [0.05, 0.1) is 18.6 Å². The summed E-state index contributed by atoms with van der Waals surface area (Å²) in [7, 11) is 0. The van der Waals surface area contributed by atoms with Crippen LogP contribution in [0, 0.1) is 5.92 Å². The summed E-state index contributed by atoms with van der Waals surface area (Å²) in [5.74, 6) is -0.916. The summed E-state index contributed by atoms with van der Waals surface area (Å²) in [6.45, 7) is 2.41. The summed E-state index contributed by atoms with van der Waals surface area (Å²) in [6, 6.07) is 0.0280. The van der Waals surface area contributed by atoms with Gasteiger partial charge in [-0.3, -0.25) is 4.79 Å². The Morgan fingerprint density at radius 2 is 2.36 bits per heavy atom. The Bertz CT molecular complexity index is 194. The van der Waals surface area contributed by atoms with E-state index < -0.39 is 5.97 Å². The molecule has 0 aliphatic heterocycles. The average molecular weight is 201 g/mol. The second-order valence-electron chi connectivity index (χ2n) is 4.13. The van der Waals surface area contributed by atoms with Crippen LogP contribution in [0.1, 0.15) is 32.6 Å². The fraction of sp³-hybridized carbons (Fsp3) is 0.900. The van der Waals surface area contributed by atoms with Crippen LogP contribution in [0.25, 0.3) is 0 Å². The molecule has 0 amide bonds. The van der Waals surface area contributed by atoms with Gasteiger partial charge in [0.25, 0.3) is 0 Å². The van der Waals surface area contributed by atoms with Crippen molar-refractivity contribution in [1.29, 1.82) is 0 Å². The van der Waals surface area contributed by atoms with Crippen LogP contribution < -0.4 is 5.73 Å². The van der Waals surface area contributed by atoms with Gasteiger partial charge in [0.1, 0.15) is 0 Å². The fourth-order valence-corrected chi connectivity index (χ4v) is 1.81. The van der Waals surface area contributed by atoms with Gasteiger partial charge in [-0.25, -0.2) is 0 Å². The zero-order valence-corrected chi connectivity index (χ0v) is 8.61. The molecular weight excluding hydrogens is 182 g/mol. The van der Waals surface area contributed by atoms with Crippen LogP contribution in [0.2, 0.25) is 0 Å². The summed E-state index contributed by atoms with van der Waals surface area (Å²) < 4.78 is 5.54. The highest BCUT2D eigenvalue weighted by Crippen LogP contribution is 2.26. The molecule has 82 valence electrons. The molecule has 1 fully saturated rings. The first-order valence-electron chi connectivity index (χ1n) is 5.19. The summed E-state index contributed by atoms with van der Waals surface area (Å²) in [6.07, 6.45) is 3.43. The maximum Gasteiger partial charge on any atom is 0.306 e. The van der Waals surface area contributed by atoms with Gasteiger partial charge in [0.2, 0.25) is 0 Å². The second-order valence-corrected chi connectivity index (χ2v) is 4.13. The molecule has 0 saturated heterocycles. The quantitative estimate of drug-likeness (QED) is 0.711. The lowest BCUT2D eigenvalue weighted by Crippen LogP contribution is -2.31. The van der Waals surface area contributed by atoms with Crippen LogP contribution >= 0.6 is 0 Å². The Kier molecular flexibility index (Phi) is 4.35. The van der Waals surface area contributed by atoms with Crippen molar-refractivity contribution in [2.24, 2.45) is 11.7 Å². The van der Waals surface area contributed by atoms with Gasteiger partial charge in [0, 0.05) is 6.04 Å². The van der Waals surface area contributed by atoms with Crippen molar-refractivity contribution in [3.8, 4) is 0 Å². The number of carboxylic acid groups (broad SMARTS) is 1. The molecule has 3 unspecified atom stereocenters. The maximum absolute atomic E-state index is 10.8. The highest BCUT2D eigenvalue weighted by Gasteiger charge is 2.27. The molecule has 0 aromatic heterocycles. The zero-order chi connectivity index (χ0) is 10.6. The number of hydrogen-bond acceptors (Lipinski definition) is 3. The molecule has 4 heteroatoms. The predicted molar refractivity (Wildman–Crippen MR) is 53.0 cm³/mol. The number of carboxylic acids is 1. The number of hydrogen-bond donors (Lipinski definition) is 2. The topological polar surface area (TPSA) is 72.5 Å². The van der Waals surface area contributed by atoms with E-state index in [2.05, 4.69) is 0 Å². The maximum atomic E-state index is 10.8. The first-order chi connectivity index (χ1) is 6.59. The van der Waals surface area contributed by atoms with E-state index in [1.807, 2.05) is 6.92 Å². The van der Waals surface area contributed by atoms with E-state index >= 15 is 0 Å². The van der Waals surface area contributed by atoms with E-state index in [4.69, 9.17) is 15.6 Å². The lowest BCUT2D eigenvalue weighted by molar-refractivity contribution is -0.144. The SMILES string of the molecule is CC(N)COC1CCCC(C(=O)O)C1. The van der Waals surface area contributed by atoms with Crippen molar-refractivity contribution in [2.45, 2.75) is 44.8 Å². The van der Waals surface area contributed by atoms with Crippen molar-refractivity contribution in [2.75, 3.05) is 6.61 Å². The predicted octanol–water partition coefficient (Wildman–Crippen LogP) is 0.994. The summed E-state index contributed by atoms with van der Waals surface area (Å²) >= 11 is 0. The van der Waals surface area contributed by atoms with Gasteiger partial charge >= 0.3 is 5.97 Å². The van der Waals surface area contributed by atoms with Gasteiger partial charge in [-0.2, -0.15) is 0 Å². The minimum absolute atomic E-state index is 0.0280. The van der Waals surface area contributed by atoms with Crippen molar-refractivity contribution in [3.05, 3.63) is 0 Å². The third kappa shape index (κ3) is 3.64. The minimum atomic E-state index is -0.695. The smallest absolute Gasteiger partial charge is 0.306 e. The first kappa shape index (κ1) is 11.5. The molecule has 3 N–H and O–H groups in total. The second kappa shape index (κ2) is 5.32. The van der Waals surface area contributed by atoms with Crippen LogP contribution in [0.3, 0.4) is 0 Å². The van der Waals surface area contributed by atoms with Crippen LogP contribution in [-0.4, -0.2) is 29.8 Å². The Hall–Kier alpha value is -0.610. The molecule has 1 aliphatic carbocycles. The molecular formula is C10H19NO3. The number of rotatable bonds is 4. The Labute approximate surface area is 84.4 Å². The average Bonchev–Trinajstić information content (AvgIpc) is 2.15. The third-order valence-electron chi connectivity index (χ3n) is 2.57. The lowest BCUT2D eigenvalue weighted by Gasteiger charge is -2.27. The molecule has 0 radical (unpaired) electrons. The highest BCUT2D eigenvalue weighted by atomic mass is 16.5. The molecule has 14 heavy (non-hydrogen) atoms. The number of nitrogens with two attached hydrogens (primary N) is 1. The summed E-state index contributed by atoms with van der Waals surface area (Å²) in [4.78, 5) is 10.8. The molecule has 0 spiro atoms. The molecule has 0 aromatic carbocycles. The molecule has 4 nitrogen and oxygen atoms in total. The minimum Gasteiger partial charge on any atom is -0.481 e. The van der Waals surface area contributed by atoms with Gasteiger partial charge in [0.15, 0.2) is 0 Å². The summed E-state index contributed by atoms with van der Waals surface area (Å²) in [5.41, 5.74) is 5.56. The van der Waals surface area contributed by atoms with Gasteiger partial charge in [-0.1, -0.05) is 6.42 Å². The lowest BCUT2D eigenvalue weighted by atomic mass is 9.87. The number of ether oxygens (including phenoxy) is 1. The molecule has 3 atom stereocenters. The van der Waals surface area contributed by atoms with Crippen molar-refractivity contribution in [1.82, 2.24) is 0 Å². The monoisotopic (exact) mass is 201 g/mol. The normalized spacial score (nSPS) is 29.9. The van der Waals surface area contributed by atoms with E-state index in [1.54, 1.807) is 0 Å². The van der Waals surface area contributed by atoms with E-state index in [1.165, 1.54) is 0 Å². The van der Waals surface area contributed by atoms with Crippen LogP contribution in [0.5, 0.6) is 0 Å². The highest BCUT2D eigenvalue weighted by molar-refractivity contribution is 5.70. The number of aliphatic carboxylic acids is 1. The number of carbonyl (C=O) groups is 1. The van der Waals surface area contributed by atoms with Gasteiger partial charge in [-0.05, 0) is 26.2 Å². The van der Waals surface area contributed by atoms with Crippen molar-refractivity contribution < 1.29 is 14.6 Å². The summed E-state index contributed by atoms with van der Waals surface area (Å²) in [5, 5.41) is 8.85. The van der Waals surface area contributed by atoms with E-state index in [0.29, 0.717) is 13.0 Å². The molecule has 0 heterocycles. The Balaban J connectivity index is 2.29. The Morgan fingerprint density at radius 1 is 1.64 bits per heavy atom. The Morgan fingerprint density at radius 3 is 2.93 bits per heavy atom. The largest absolute Gasteiger partial charge is 0.481 e. The fourth-order valence-electron chi connectivity index (χ4n) is 1.81. The molecule has 1 saturated carbocycles. The van der Waals surface area contributed by atoms with Gasteiger partial charge < -0.3 is 15.6 Å². The standard InChI is InChI=1S/C10H19NO3/c1-7(11)6-14-9-4-2-3-8(5-9)10(12)13/h7-9H,2-6,11H2,1H3,(H,12,13). The van der Waals surface area contributed by atoms with Crippen LogP contribution in [0.15, 0.2) is 0 Å². The van der Waals surface area contributed by atoms with Crippen molar-refractivity contribution >= 4 is 5.97 Å². The van der Waals surface area contributed by atoms with Gasteiger partial charge in [-0.15, -0.1) is 0 Å². The first-order valence-corrected chi connectivity index (χ1v) is 5.19. The van der Waals surface area contributed by atoms with E-state index in [-0.39, 0.29) is 18.1 Å². The van der Waals surface area contributed by atoms with Crippen LogP contribution in [-0.2, 0) is 9.53 Å². The molecule has 0 aromatic rings. The molecule has 0 bridgehead atoms. The molecule has 1 aliphatic rings.